The van der Waals surface area contributed by atoms with Crippen LogP contribution in [0.1, 0.15) is 49.9 Å². The van der Waals surface area contributed by atoms with Gasteiger partial charge in [-0.25, -0.2) is 0 Å². The average molecular weight is 346 g/mol. The highest BCUT2D eigenvalue weighted by Gasteiger charge is 2.25. The van der Waals surface area contributed by atoms with Gasteiger partial charge in [0.25, 0.3) is 11.8 Å². The van der Waals surface area contributed by atoms with Crippen molar-refractivity contribution < 1.29 is 14.7 Å². The van der Waals surface area contributed by atoms with Gasteiger partial charge in [0.2, 0.25) is 0 Å². The van der Waals surface area contributed by atoms with Crippen molar-refractivity contribution in [3.63, 3.8) is 0 Å². The molecule has 0 radical (unpaired) electrons. The summed E-state index contributed by atoms with van der Waals surface area (Å²) in [6.07, 6.45) is 3.33. The maximum absolute atomic E-state index is 12.2. The number of phenols is 1. The van der Waals surface area contributed by atoms with Crippen molar-refractivity contribution in [1.82, 2.24) is 10.6 Å². The molecule has 2 rings (SSSR count). The standard InChI is InChI=1S/C18H26N4O3/c1-3-5-14(16(19)18(25)21-12-7-8-12)22-13-9-6-11(10-15(13)23)17(24)20-4-2/h6,9-10,12,22-23H,3-5,7-8,19H2,1-2H3,(H,20,24)(H,21,25)/b16-14-. The van der Waals surface area contributed by atoms with Gasteiger partial charge in [-0.15, -0.1) is 0 Å². The first-order valence-corrected chi connectivity index (χ1v) is 8.64. The molecule has 1 saturated carbocycles. The van der Waals surface area contributed by atoms with Gasteiger partial charge in [-0.1, -0.05) is 13.3 Å². The maximum atomic E-state index is 12.2. The van der Waals surface area contributed by atoms with Crippen molar-refractivity contribution in [3.8, 4) is 5.75 Å². The zero-order chi connectivity index (χ0) is 18.4. The van der Waals surface area contributed by atoms with E-state index in [-0.39, 0.29) is 29.3 Å². The summed E-state index contributed by atoms with van der Waals surface area (Å²) in [6, 6.07) is 4.81. The topological polar surface area (TPSA) is 116 Å². The normalized spacial score (nSPS) is 14.5. The number of carbonyl (C=O) groups excluding carboxylic acids is 2. The van der Waals surface area contributed by atoms with Crippen LogP contribution >= 0.6 is 0 Å². The number of hydrogen-bond acceptors (Lipinski definition) is 5. The molecule has 0 heterocycles. The van der Waals surface area contributed by atoms with E-state index in [2.05, 4.69) is 16.0 Å². The summed E-state index contributed by atoms with van der Waals surface area (Å²) in [6.45, 7) is 4.31. The highest BCUT2D eigenvalue weighted by Crippen LogP contribution is 2.27. The lowest BCUT2D eigenvalue weighted by atomic mass is 10.1. The van der Waals surface area contributed by atoms with Gasteiger partial charge in [0.05, 0.1) is 5.69 Å². The van der Waals surface area contributed by atoms with E-state index in [1.54, 1.807) is 12.1 Å². The van der Waals surface area contributed by atoms with Crippen LogP contribution in [-0.2, 0) is 4.79 Å². The molecular formula is C18H26N4O3. The van der Waals surface area contributed by atoms with Crippen LogP contribution in [0, 0.1) is 0 Å². The van der Waals surface area contributed by atoms with Crippen LogP contribution in [0.15, 0.2) is 29.6 Å². The van der Waals surface area contributed by atoms with Crippen molar-refractivity contribution in [2.45, 2.75) is 45.6 Å². The molecule has 1 aromatic carbocycles. The van der Waals surface area contributed by atoms with Gasteiger partial charge in [0.15, 0.2) is 0 Å². The Balaban J connectivity index is 2.18. The summed E-state index contributed by atoms with van der Waals surface area (Å²) in [7, 11) is 0. The second-order valence-electron chi connectivity index (χ2n) is 6.11. The average Bonchev–Trinajstić information content (AvgIpc) is 3.39. The summed E-state index contributed by atoms with van der Waals surface area (Å²) in [5, 5.41) is 18.8. The Morgan fingerprint density at radius 1 is 1.28 bits per heavy atom. The first-order valence-electron chi connectivity index (χ1n) is 8.64. The van der Waals surface area contributed by atoms with Crippen molar-refractivity contribution in [1.29, 1.82) is 0 Å². The number of benzene rings is 1. The van der Waals surface area contributed by atoms with Crippen LogP contribution in [0.3, 0.4) is 0 Å². The first-order chi connectivity index (χ1) is 12.0. The molecule has 0 bridgehead atoms. The van der Waals surface area contributed by atoms with E-state index in [0.717, 1.165) is 19.3 Å². The van der Waals surface area contributed by atoms with E-state index < -0.39 is 0 Å². The highest BCUT2D eigenvalue weighted by molar-refractivity contribution is 5.96. The maximum Gasteiger partial charge on any atom is 0.269 e. The van der Waals surface area contributed by atoms with Crippen molar-refractivity contribution in [2.24, 2.45) is 5.73 Å². The fourth-order valence-corrected chi connectivity index (χ4v) is 2.35. The molecule has 1 aliphatic rings. The number of aromatic hydroxyl groups is 1. The van der Waals surface area contributed by atoms with Gasteiger partial charge in [0.1, 0.15) is 11.4 Å². The van der Waals surface area contributed by atoms with E-state index in [1.807, 2.05) is 13.8 Å². The zero-order valence-electron chi connectivity index (χ0n) is 14.7. The van der Waals surface area contributed by atoms with Gasteiger partial charge < -0.3 is 26.8 Å². The largest absolute Gasteiger partial charge is 0.506 e. The predicted molar refractivity (Wildman–Crippen MR) is 97.0 cm³/mol. The summed E-state index contributed by atoms with van der Waals surface area (Å²) < 4.78 is 0. The molecule has 25 heavy (non-hydrogen) atoms. The third kappa shape index (κ3) is 5.14. The highest BCUT2D eigenvalue weighted by atomic mass is 16.3. The third-order valence-corrected chi connectivity index (χ3v) is 3.87. The molecule has 6 N–H and O–H groups in total. The molecule has 2 amide bonds. The van der Waals surface area contributed by atoms with Gasteiger partial charge >= 0.3 is 0 Å². The van der Waals surface area contributed by atoms with Crippen LogP contribution in [-0.4, -0.2) is 29.5 Å². The number of hydrogen-bond donors (Lipinski definition) is 5. The van der Waals surface area contributed by atoms with Crippen LogP contribution in [0.4, 0.5) is 5.69 Å². The molecule has 7 heteroatoms. The number of nitrogens with one attached hydrogen (secondary N) is 3. The smallest absolute Gasteiger partial charge is 0.269 e. The van der Waals surface area contributed by atoms with E-state index >= 15 is 0 Å². The zero-order valence-corrected chi connectivity index (χ0v) is 14.7. The Morgan fingerprint density at radius 2 is 2.00 bits per heavy atom. The molecule has 7 nitrogen and oxygen atoms in total. The number of rotatable bonds is 8. The Kier molecular flexibility index (Phi) is 6.27. The minimum absolute atomic E-state index is 0.0762. The molecular weight excluding hydrogens is 320 g/mol. The molecule has 0 saturated heterocycles. The number of carbonyl (C=O) groups is 2. The van der Waals surface area contributed by atoms with Crippen molar-refractivity contribution >= 4 is 17.5 Å². The Morgan fingerprint density at radius 3 is 2.56 bits per heavy atom. The predicted octanol–water partition coefficient (Wildman–Crippen LogP) is 1.80. The van der Waals surface area contributed by atoms with Gasteiger partial charge in [-0.3, -0.25) is 9.59 Å². The summed E-state index contributed by atoms with van der Waals surface area (Å²) in [5.41, 5.74) is 7.45. The van der Waals surface area contributed by atoms with Crippen LogP contribution in [0.25, 0.3) is 0 Å². The summed E-state index contributed by atoms with van der Waals surface area (Å²) in [5.74, 6) is -0.623. The van der Waals surface area contributed by atoms with Gasteiger partial charge in [-0.05, 0) is 44.4 Å². The molecule has 1 aromatic rings. The van der Waals surface area contributed by atoms with Crippen molar-refractivity contribution in [2.75, 3.05) is 11.9 Å². The Labute approximate surface area is 147 Å². The molecule has 0 spiro atoms. The number of amides is 2. The van der Waals surface area contributed by atoms with E-state index in [1.165, 1.54) is 6.07 Å². The molecule has 1 fully saturated rings. The van der Waals surface area contributed by atoms with Gasteiger partial charge in [0, 0.05) is 23.8 Å². The fourth-order valence-electron chi connectivity index (χ4n) is 2.35. The minimum Gasteiger partial charge on any atom is -0.506 e. The second-order valence-corrected chi connectivity index (χ2v) is 6.11. The number of allylic oxidation sites excluding steroid dienone is 1. The lowest BCUT2D eigenvalue weighted by Crippen LogP contribution is -2.32. The van der Waals surface area contributed by atoms with Gasteiger partial charge in [-0.2, -0.15) is 0 Å². The molecule has 136 valence electrons. The number of phenolic OH excluding ortho intramolecular Hbond substituents is 1. The Hall–Kier alpha value is -2.70. The molecule has 1 aliphatic carbocycles. The Bertz CT molecular complexity index is 681. The SMILES string of the molecule is CCC/C(Nc1ccc(C(=O)NCC)cc1O)=C(/N)C(=O)NC1CC1. The quantitative estimate of drug-likeness (QED) is 0.363. The molecule has 0 aromatic heterocycles. The monoisotopic (exact) mass is 346 g/mol. The van der Waals surface area contributed by atoms with E-state index in [4.69, 9.17) is 5.73 Å². The van der Waals surface area contributed by atoms with E-state index in [0.29, 0.717) is 29.9 Å². The fraction of sp³-hybridized carbons (Fsp3) is 0.444. The second kappa shape index (κ2) is 8.41. The summed E-state index contributed by atoms with van der Waals surface area (Å²) in [4.78, 5) is 24.0. The van der Waals surface area contributed by atoms with Crippen molar-refractivity contribution in [3.05, 3.63) is 35.2 Å². The molecule has 0 aliphatic heterocycles. The summed E-state index contributed by atoms with van der Waals surface area (Å²) >= 11 is 0. The third-order valence-electron chi connectivity index (χ3n) is 3.87. The van der Waals surface area contributed by atoms with Crippen LogP contribution in [0.2, 0.25) is 0 Å². The van der Waals surface area contributed by atoms with Crippen LogP contribution < -0.4 is 21.7 Å². The lowest BCUT2D eigenvalue weighted by Gasteiger charge is -2.15. The molecule has 0 unspecified atom stereocenters. The number of anilines is 1. The lowest BCUT2D eigenvalue weighted by molar-refractivity contribution is -0.117. The first kappa shape index (κ1) is 18.6. The van der Waals surface area contributed by atoms with Crippen LogP contribution in [0.5, 0.6) is 5.75 Å². The minimum atomic E-state index is -0.295. The number of nitrogens with two attached hydrogens (primary N) is 1. The van der Waals surface area contributed by atoms with E-state index in [9.17, 15) is 14.7 Å². The molecule has 0 atom stereocenters.